The molecule has 0 amide bonds. The zero-order valence-corrected chi connectivity index (χ0v) is 13.1. The predicted octanol–water partition coefficient (Wildman–Crippen LogP) is 3.88. The molecule has 3 atom stereocenters. The van der Waals surface area contributed by atoms with E-state index in [1.54, 1.807) is 0 Å². The third kappa shape index (κ3) is 5.70. The monoisotopic (exact) mass is 350 g/mol. The lowest BCUT2D eigenvalue weighted by molar-refractivity contribution is -0.211. The van der Waals surface area contributed by atoms with Gasteiger partial charge in [-0.25, -0.2) is 4.79 Å². The van der Waals surface area contributed by atoms with E-state index in [2.05, 4.69) is 4.74 Å². The van der Waals surface area contributed by atoms with Gasteiger partial charge in [0.1, 0.15) is 6.10 Å². The zero-order valence-electron chi connectivity index (χ0n) is 12.4. The van der Waals surface area contributed by atoms with Crippen LogP contribution in [0.4, 0.5) is 13.2 Å². The molecule has 7 heteroatoms. The summed E-state index contributed by atoms with van der Waals surface area (Å²) in [6, 6.07) is 9.71. The third-order valence-electron chi connectivity index (χ3n) is 3.71. The molecule has 0 radical (unpaired) electrons. The van der Waals surface area contributed by atoms with Gasteiger partial charge in [0.25, 0.3) is 0 Å². The zero-order chi connectivity index (χ0) is 16.9. The lowest BCUT2D eigenvalue weighted by atomic mass is 9.96. The maximum atomic E-state index is 12.3. The van der Waals surface area contributed by atoms with Crippen LogP contribution in [0.2, 0.25) is 0 Å². The van der Waals surface area contributed by atoms with Crippen LogP contribution in [0, 0.1) is 0 Å². The maximum Gasteiger partial charge on any atom is 0.490 e. The molecule has 1 aliphatic heterocycles. The summed E-state index contributed by atoms with van der Waals surface area (Å²) in [7, 11) is 0. The van der Waals surface area contributed by atoms with Crippen molar-refractivity contribution in [2.75, 3.05) is 5.88 Å². The molecular weight excluding hydrogens is 333 g/mol. The van der Waals surface area contributed by atoms with Crippen LogP contribution in [0.15, 0.2) is 30.3 Å². The Balaban J connectivity index is 1.91. The van der Waals surface area contributed by atoms with E-state index in [0.717, 1.165) is 12.0 Å². The van der Waals surface area contributed by atoms with E-state index < -0.39 is 24.4 Å². The average molecular weight is 351 g/mol. The second-order valence-electron chi connectivity index (χ2n) is 5.56. The number of esters is 1. The lowest BCUT2D eigenvalue weighted by Crippen LogP contribution is -2.41. The molecule has 0 aliphatic carbocycles. The Morgan fingerprint density at radius 3 is 2.48 bits per heavy atom. The Kier molecular flexibility index (Phi) is 6.30. The summed E-state index contributed by atoms with van der Waals surface area (Å²) in [5.74, 6) is -2.00. The van der Waals surface area contributed by atoms with Gasteiger partial charge in [0.15, 0.2) is 0 Å². The smallest absolute Gasteiger partial charge is 0.456 e. The lowest BCUT2D eigenvalue weighted by Gasteiger charge is -2.34. The summed E-state index contributed by atoms with van der Waals surface area (Å²) in [6.07, 6.45) is -4.67. The first-order valence-corrected chi connectivity index (χ1v) is 7.95. The summed E-state index contributed by atoms with van der Waals surface area (Å²) >= 11 is 5.77. The van der Waals surface area contributed by atoms with Crippen molar-refractivity contribution >= 4 is 17.6 Å². The van der Waals surface area contributed by atoms with Crippen molar-refractivity contribution in [1.82, 2.24) is 0 Å². The van der Waals surface area contributed by atoms with Crippen LogP contribution in [-0.4, -0.2) is 36.3 Å². The van der Waals surface area contributed by atoms with Gasteiger partial charge in [-0.1, -0.05) is 30.3 Å². The van der Waals surface area contributed by atoms with Crippen molar-refractivity contribution in [1.29, 1.82) is 0 Å². The molecule has 0 saturated carbocycles. The molecule has 23 heavy (non-hydrogen) atoms. The molecule has 0 unspecified atom stereocenters. The van der Waals surface area contributed by atoms with Crippen molar-refractivity contribution in [3.63, 3.8) is 0 Å². The Labute approximate surface area is 137 Å². The molecule has 3 nitrogen and oxygen atoms in total. The number of benzene rings is 1. The van der Waals surface area contributed by atoms with Crippen LogP contribution in [0.5, 0.6) is 0 Å². The summed E-state index contributed by atoms with van der Waals surface area (Å²) in [4.78, 5) is 11.0. The molecule has 1 heterocycles. The Morgan fingerprint density at radius 1 is 1.22 bits per heavy atom. The largest absolute Gasteiger partial charge is 0.490 e. The highest BCUT2D eigenvalue weighted by Gasteiger charge is 2.43. The summed E-state index contributed by atoms with van der Waals surface area (Å²) in [6.45, 7) is 0. The van der Waals surface area contributed by atoms with Gasteiger partial charge in [-0.3, -0.25) is 0 Å². The van der Waals surface area contributed by atoms with Crippen LogP contribution >= 0.6 is 11.6 Å². The van der Waals surface area contributed by atoms with Gasteiger partial charge < -0.3 is 9.47 Å². The number of hydrogen-bond donors (Lipinski definition) is 0. The van der Waals surface area contributed by atoms with E-state index in [4.69, 9.17) is 16.3 Å². The number of alkyl halides is 4. The molecule has 0 bridgehead atoms. The number of hydrogen-bond acceptors (Lipinski definition) is 3. The molecule has 1 fully saturated rings. The van der Waals surface area contributed by atoms with Crippen molar-refractivity contribution in [3.8, 4) is 0 Å². The van der Waals surface area contributed by atoms with E-state index in [1.807, 2.05) is 30.3 Å². The van der Waals surface area contributed by atoms with E-state index in [1.165, 1.54) is 0 Å². The molecule has 128 valence electrons. The normalized spacial score (nSPS) is 25.1. The van der Waals surface area contributed by atoms with Crippen LogP contribution in [0.3, 0.4) is 0 Å². The summed E-state index contributed by atoms with van der Waals surface area (Å²) in [5.41, 5.74) is 1.12. The van der Waals surface area contributed by atoms with Crippen LogP contribution in [-0.2, 0) is 20.7 Å². The van der Waals surface area contributed by atoms with E-state index in [-0.39, 0.29) is 24.8 Å². The Hall–Kier alpha value is -1.27. The molecule has 1 aromatic rings. The van der Waals surface area contributed by atoms with Gasteiger partial charge in [0.05, 0.1) is 12.2 Å². The highest BCUT2D eigenvalue weighted by molar-refractivity contribution is 6.18. The molecule has 0 N–H and O–H groups in total. The number of carbonyl (C=O) groups is 1. The van der Waals surface area contributed by atoms with Gasteiger partial charge in [-0.2, -0.15) is 13.2 Å². The minimum Gasteiger partial charge on any atom is -0.456 e. The fourth-order valence-electron chi connectivity index (χ4n) is 2.64. The van der Waals surface area contributed by atoms with Gasteiger partial charge in [-0.05, 0) is 18.4 Å². The highest BCUT2D eigenvalue weighted by Crippen LogP contribution is 2.28. The maximum absolute atomic E-state index is 12.3. The average Bonchev–Trinajstić information content (AvgIpc) is 2.52. The molecule has 2 rings (SSSR count). The van der Waals surface area contributed by atoms with E-state index in [0.29, 0.717) is 6.42 Å². The summed E-state index contributed by atoms with van der Waals surface area (Å²) in [5, 5.41) is 0. The minimum absolute atomic E-state index is 0.155. The fraction of sp³-hybridized carbons (Fsp3) is 0.562. The predicted molar refractivity (Wildman–Crippen MR) is 79.3 cm³/mol. The third-order valence-corrected chi connectivity index (χ3v) is 4.06. The molecular formula is C16H18ClF3O3. The van der Waals surface area contributed by atoms with Gasteiger partial charge in [0, 0.05) is 18.7 Å². The number of halogens is 4. The highest BCUT2D eigenvalue weighted by atomic mass is 35.5. The minimum atomic E-state index is -4.98. The van der Waals surface area contributed by atoms with Crippen molar-refractivity contribution < 1.29 is 27.4 Å². The first kappa shape index (κ1) is 18.1. The molecule has 0 spiro atoms. The quantitative estimate of drug-likeness (QED) is 0.597. The molecule has 1 saturated heterocycles. The first-order chi connectivity index (χ1) is 10.9. The standard InChI is InChI=1S/C16H18ClF3O3/c17-10-14-9-13(23-15(21)16(18,19)20)8-12(22-14)7-6-11-4-2-1-3-5-11/h1-5,12-14H,6-10H2/t12-,13+,14-/m1/s1. The van der Waals surface area contributed by atoms with E-state index >= 15 is 0 Å². The second-order valence-corrected chi connectivity index (χ2v) is 5.86. The topological polar surface area (TPSA) is 35.5 Å². The Morgan fingerprint density at radius 2 is 1.87 bits per heavy atom. The number of rotatable bonds is 5. The van der Waals surface area contributed by atoms with Gasteiger partial charge >= 0.3 is 12.1 Å². The Bertz CT molecular complexity index is 507. The van der Waals surface area contributed by atoms with Crippen molar-refractivity contribution in [2.24, 2.45) is 0 Å². The van der Waals surface area contributed by atoms with Crippen LogP contribution in [0.25, 0.3) is 0 Å². The first-order valence-electron chi connectivity index (χ1n) is 7.41. The van der Waals surface area contributed by atoms with Crippen LogP contribution < -0.4 is 0 Å². The molecule has 0 aromatic heterocycles. The SMILES string of the molecule is O=C(O[C@H]1C[C@@H](CCc2ccccc2)O[C@@H](CCl)C1)C(F)(F)F. The second kappa shape index (κ2) is 8.02. The van der Waals surface area contributed by atoms with E-state index in [9.17, 15) is 18.0 Å². The van der Waals surface area contributed by atoms with Crippen molar-refractivity contribution in [3.05, 3.63) is 35.9 Å². The van der Waals surface area contributed by atoms with Crippen molar-refractivity contribution in [2.45, 2.75) is 50.2 Å². The van der Waals surface area contributed by atoms with Gasteiger partial charge in [0.2, 0.25) is 0 Å². The van der Waals surface area contributed by atoms with Crippen LogP contribution in [0.1, 0.15) is 24.8 Å². The fourth-order valence-corrected chi connectivity index (χ4v) is 2.84. The number of carbonyl (C=O) groups excluding carboxylic acids is 1. The molecule has 1 aliphatic rings. The number of ether oxygens (including phenoxy) is 2. The molecule has 1 aromatic carbocycles. The summed E-state index contributed by atoms with van der Waals surface area (Å²) < 4.78 is 47.3. The van der Waals surface area contributed by atoms with Gasteiger partial charge in [-0.15, -0.1) is 11.6 Å². The number of aryl methyl sites for hydroxylation is 1.